The highest BCUT2D eigenvalue weighted by atomic mass is 35.5. The molecule has 2 heterocycles. The van der Waals surface area contributed by atoms with Gasteiger partial charge in [0.25, 0.3) is 0 Å². The molecule has 1 aromatic rings. The third-order valence-corrected chi connectivity index (χ3v) is 4.18. The quantitative estimate of drug-likeness (QED) is 0.921. The molecule has 0 aromatic heterocycles. The van der Waals surface area contributed by atoms with Crippen molar-refractivity contribution < 1.29 is 4.74 Å². The predicted molar refractivity (Wildman–Crippen MR) is 79.4 cm³/mol. The molecule has 4 heteroatoms. The highest BCUT2D eigenvalue weighted by Gasteiger charge is 2.20. The first-order valence-electron chi connectivity index (χ1n) is 7.25. The molecule has 0 saturated carbocycles. The fourth-order valence-electron chi connectivity index (χ4n) is 2.89. The van der Waals surface area contributed by atoms with Gasteiger partial charge in [0.05, 0.1) is 5.69 Å². The predicted octanol–water partition coefficient (Wildman–Crippen LogP) is 3.07. The van der Waals surface area contributed by atoms with E-state index in [9.17, 15) is 0 Å². The summed E-state index contributed by atoms with van der Waals surface area (Å²) >= 11 is 6.15. The van der Waals surface area contributed by atoms with Crippen molar-refractivity contribution in [1.29, 1.82) is 0 Å². The van der Waals surface area contributed by atoms with Gasteiger partial charge in [0.2, 0.25) is 0 Å². The minimum atomic E-state index is 0.337. The molecule has 0 unspecified atom stereocenters. The Labute approximate surface area is 119 Å². The van der Waals surface area contributed by atoms with Crippen molar-refractivity contribution in [3.63, 3.8) is 0 Å². The second-order valence-corrected chi connectivity index (χ2v) is 5.81. The van der Waals surface area contributed by atoms with Crippen LogP contribution in [0.15, 0.2) is 18.2 Å². The van der Waals surface area contributed by atoms with Crippen molar-refractivity contribution in [3.05, 3.63) is 23.2 Å². The molecule has 2 saturated heterocycles. The van der Waals surface area contributed by atoms with Gasteiger partial charge in [0.1, 0.15) is 11.9 Å². The maximum atomic E-state index is 6.21. The van der Waals surface area contributed by atoms with Crippen LogP contribution in [0.3, 0.4) is 0 Å². The molecule has 0 bridgehead atoms. The maximum Gasteiger partial charge on any atom is 0.143 e. The molecule has 3 nitrogen and oxygen atoms in total. The van der Waals surface area contributed by atoms with Gasteiger partial charge in [0.15, 0.2) is 0 Å². The van der Waals surface area contributed by atoms with Crippen LogP contribution in [0.1, 0.15) is 25.7 Å². The Balaban J connectivity index is 1.78. The Morgan fingerprint density at radius 2 is 1.89 bits per heavy atom. The molecule has 2 fully saturated rings. The molecule has 2 aliphatic rings. The number of hydrogen-bond donors (Lipinski definition) is 1. The maximum absolute atomic E-state index is 6.21. The average molecular weight is 281 g/mol. The summed E-state index contributed by atoms with van der Waals surface area (Å²) in [5.74, 6) is 0.998. The van der Waals surface area contributed by atoms with Crippen LogP contribution in [-0.4, -0.2) is 32.3 Å². The van der Waals surface area contributed by atoms with Gasteiger partial charge >= 0.3 is 0 Å². The Morgan fingerprint density at radius 1 is 1.16 bits per heavy atom. The third kappa shape index (κ3) is 3.15. The van der Waals surface area contributed by atoms with E-state index in [1.165, 1.54) is 18.5 Å². The Bertz CT molecular complexity index is 426. The summed E-state index contributed by atoms with van der Waals surface area (Å²) in [5.41, 5.74) is 1.17. The first-order chi connectivity index (χ1) is 9.33. The number of rotatable bonds is 3. The van der Waals surface area contributed by atoms with E-state index < -0.39 is 0 Å². The largest absolute Gasteiger partial charge is 0.488 e. The number of ether oxygens (including phenoxy) is 1. The third-order valence-electron chi connectivity index (χ3n) is 3.95. The zero-order valence-electron chi connectivity index (χ0n) is 11.2. The Hall–Kier alpha value is -0.930. The van der Waals surface area contributed by atoms with Gasteiger partial charge in [-0.3, -0.25) is 0 Å². The van der Waals surface area contributed by atoms with Crippen LogP contribution in [0.5, 0.6) is 5.75 Å². The lowest BCUT2D eigenvalue weighted by Gasteiger charge is -2.27. The number of halogens is 1. The van der Waals surface area contributed by atoms with Gasteiger partial charge in [-0.25, -0.2) is 0 Å². The standard InChI is InChI=1S/C15H21ClN2O/c16-12-3-4-15(19-13-5-7-17-8-6-13)14(11-12)18-9-1-2-10-18/h3-4,11,13,17H,1-2,5-10H2. The topological polar surface area (TPSA) is 24.5 Å². The number of nitrogens with one attached hydrogen (secondary N) is 1. The summed E-state index contributed by atoms with van der Waals surface area (Å²) in [6, 6.07) is 6.00. The molecular formula is C15H21ClN2O. The molecule has 0 atom stereocenters. The van der Waals surface area contributed by atoms with Crippen LogP contribution in [0.25, 0.3) is 0 Å². The van der Waals surface area contributed by atoms with Crippen LogP contribution >= 0.6 is 11.6 Å². The van der Waals surface area contributed by atoms with Crippen LogP contribution < -0.4 is 15.0 Å². The molecule has 0 aliphatic carbocycles. The first kappa shape index (κ1) is 13.1. The molecule has 0 radical (unpaired) electrons. The minimum absolute atomic E-state index is 0.337. The molecule has 1 aromatic carbocycles. The lowest BCUT2D eigenvalue weighted by Crippen LogP contribution is -2.34. The molecule has 0 spiro atoms. The van der Waals surface area contributed by atoms with Crippen molar-refractivity contribution in [1.82, 2.24) is 5.32 Å². The van der Waals surface area contributed by atoms with Crippen LogP contribution in [0, 0.1) is 0 Å². The smallest absolute Gasteiger partial charge is 0.143 e. The number of piperidine rings is 1. The lowest BCUT2D eigenvalue weighted by molar-refractivity contribution is 0.163. The lowest BCUT2D eigenvalue weighted by atomic mass is 10.1. The van der Waals surface area contributed by atoms with Crippen LogP contribution in [0.4, 0.5) is 5.69 Å². The van der Waals surface area contributed by atoms with E-state index in [-0.39, 0.29) is 0 Å². The summed E-state index contributed by atoms with van der Waals surface area (Å²) < 4.78 is 6.21. The number of benzene rings is 1. The van der Waals surface area contributed by atoms with Crippen LogP contribution in [0.2, 0.25) is 5.02 Å². The van der Waals surface area contributed by atoms with Crippen molar-refractivity contribution >= 4 is 17.3 Å². The summed E-state index contributed by atoms with van der Waals surface area (Å²) in [7, 11) is 0. The van der Waals surface area contributed by atoms with Crippen molar-refractivity contribution in [2.75, 3.05) is 31.1 Å². The molecule has 0 amide bonds. The highest BCUT2D eigenvalue weighted by molar-refractivity contribution is 6.30. The van der Waals surface area contributed by atoms with Gasteiger partial charge in [-0.05, 0) is 57.0 Å². The second-order valence-electron chi connectivity index (χ2n) is 5.37. The molecule has 2 aliphatic heterocycles. The second kappa shape index (κ2) is 6.02. The van der Waals surface area contributed by atoms with E-state index >= 15 is 0 Å². The monoisotopic (exact) mass is 280 g/mol. The van der Waals surface area contributed by atoms with Gasteiger partial charge in [0, 0.05) is 18.1 Å². The molecule has 104 valence electrons. The van der Waals surface area contributed by atoms with Gasteiger partial charge in [-0.1, -0.05) is 11.6 Å². The minimum Gasteiger partial charge on any atom is -0.488 e. The van der Waals surface area contributed by atoms with E-state index in [0.717, 1.165) is 49.8 Å². The number of hydrogen-bond acceptors (Lipinski definition) is 3. The normalized spacial score (nSPS) is 20.8. The molecule has 19 heavy (non-hydrogen) atoms. The fraction of sp³-hybridized carbons (Fsp3) is 0.600. The van der Waals surface area contributed by atoms with Crippen molar-refractivity contribution in [2.45, 2.75) is 31.8 Å². The Kier molecular flexibility index (Phi) is 4.14. The van der Waals surface area contributed by atoms with Crippen LogP contribution in [-0.2, 0) is 0 Å². The zero-order valence-corrected chi connectivity index (χ0v) is 12.0. The highest BCUT2D eigenvalue weighted by Crippen LogP contribution is 2.34. The fourth-order valence-corrected chi connectivity index (χ4v) is 3.05. The van der Waals surface area contributed by atoms with E-state index in [2.05, 4.69) is 10.2 Å². The molecule has 1 N–H and O–H groups in total. The summed E-state index contributed by atoms with van der Waals surface area (Å²) in [6.45, 7) is 4.33. The van der Waals surface area contributed by atoms with Gasteiger partial charge in [-0.15, -0.1) is 0 Å². The van der Waals surface area contributed by atoms with E-state index in [1.807, 2.05) is 18.2 Å². The van der Waals surface area contributed by atoms with E-state index in [1.54, 1.807) is 0 Å². The SMILES string of the molecule is Clc1ccc(OC2CCNCC2)c(N2CCCC2)c1. The van der Waals surface area contributed by atoms with Crippen molar-refractivity contribution in [2.24, 2.45) is 0 Å². The summed E-state index contributed by atoms with van der Waals surface area (Å²) in [4.78, 5) is 2.39. The molecule has 3 rings (SSSR count). The first-order valence-corrected chi connectivity index (χ1v) is 7.62. The Morgan fingerprint density at radius 3 is 2.63 bits per heavy atom. The van der Waals surface area contributed by atoms with Gasteiger partial charge in [-0.2, -0.15) is 0 Å². The zero-order chi connectivity index (χ0) is 13.1. The van der Waals surface area contributed by atoms with Crippen molar-refractivity contribution in [3.8, 4) is 5.75 Å². The van der Waals surface area contributed by atoms with Gasteiger partial charge < -0.3 is 15.0 Å². The summed E-state index contributed by atoms with van der Waals surface area (Å²) in [6.07, 6.45) is 5.03. The van der Waals surface area contributed by atoms with E-state index in [0.29, 0.717) is 6.10 Å². The average Bonchev–Trinajstić information content (AvgIpc) is 2.96. The van der Waals surface area contributed by atoms with E-state index in [4.69, 9.17) is 16.3 Å². The number of anilines is 1. The molecular weight excluding hydrogens is 260 g/mol. The summed E-state index contributed by atoms with van der Waals surface area (Å²) in [5, 5.41) is 4.16. The number of nitrogens with zero attached hydrogens (tertiary/aromatic N) is 1.